The van der Waals surface area contributed by atoms with Crippen LogP contribution >= 0.6 is 0 Å². The Morgan fingerprint density at radius 1 is 1.21 bits per heavy atom. The predicted octanol–water partition coefficient (Wildman–Crippen LogP) is 2.66. The molecular weight excluding hydrogens is 383 g/mol. The fourth-order valence-electron chi connectivity index (χ4n) is 3.42. The van der Waals surface area contributed by atoms with Crippen molar-refractivity contribution in [1.82, 2.24) is 9.62 Å². The molecule has 0 bridgehead atoms. The Labute approximate surface area is 164 Å². The van der Waals surface area contributed by atoms with Crippen LogP contribution in [0, 0.1) is 5.82 Å². The van der Waals surface area contributed by atoms with Crippen molar-refractivity contribution in [3.63, 3.8) is 0 Å². The summed E-state index contributed by atoms with van der Waals surface area (Å²) < 4.78 is 44.5. The van der Waals surface area contributed by atoms with Gasteiger partial charge < -0.3 is 10.1 Å². The van der Waals surface area contributed by atoms with Crippen molar-refractivity contribution in [3.8, 4) is 16.9 Å². The maximum absolute atomic E-state index is 14.5. The number of ether oxygens (including phenoxy) is 1. The highest BCUT2D eigenvalue weighted by atomic mass is 32.2. The quantitative estimate of drug-likeness (QED) is 0.800. The third-order valence-electron chi connectivity index (χ3n) is 4.88. The Morgan fingerprint density at radius 2 is 1.89 bits per heavy atom. The lowest BCUT2D eigenvalue weighted by molar-refractivity contribution is 0.0942. The van der Waals surface area contributed by atoms with Crippen LogP contribution in [0.4, 0.5) is 4.39 Å². The van der Waals surface area contributed by atoms with E-state index in [4.69, 9.17) is 4.74 Å². The molecule has 6 nitrogen and oxygen atoms in total. The van der Waals surface area contributed by atoms with Gasteiger partial charge in [0.1, 0.15) is 11.6 Å². The number of hydrogen-bond acceptors (Lipinski definition) is 4. The zero-order valence-electron chi connectivity index (χ0n) is 15.8. The molecule has 1 fully saturated rings. The molecular formula is C20H23FN2O4S. The summed E-state index contributed by atoms with van der Waals surface area (Å²) >= 11 is 0. The van der Waals surface area contributed by atoms with Gasteiger partial charge in [0.25, 0.3) is 5.91 Å². The van der Waals surface area contributed by atoms with Crippen LogP contribution in [0.2, 0.25) is 0 Å². The topological polar surface area (TPSA) is 75.7 Å². The van der Waals surface area contributed by atoms with Gasteiger partial charge >= 0.3 is 0 Å². The molecule has 0 radical (unpaired) electrons. The molecule has 1 heterocycles. The van der Waals surface area contributed by atoms with Crippen molar-refractivity contribution in [1.29, 1.82) is 0 Å². The number of hydrogen-bond donors (Lipinski definition) is 1. The Bertz CT molecular complexity index is 961. The van der Waals surface area contributed by atoms with E-state index < -0.39 is 21.7 Å². The fraction of sp³-hybridized carbons (Fsp3) is 0.350. The molecule has 0 unspecified atom stereocenters. The predicted molar refractivity (Wildman–Crippen MR) is 105 cm³/mol. The van der Waals surface area contributed by atoms with Gasteiger partial charge in [-0.3, -0.25) is 4.79 Å². The molecule has 0 saturated carbocycles. The lowest BCUT2D eigenvalue weighted by Gasteiger charge is -2.22. The number of halogens is 1. The van der Waals surface area contributed by atoms with Gasteiger partial charge in [-0.1, -0.05) is 18.2 Å². The van der Waals surface area contributed by atoms with Crippen molar-refractivity contribution in [2.24, 2.45) is 0 Å². The van der Waals surface area contributed by atoms with E-state index in [1.165, 1.54) is 16.4 Å². The largest absolute Gasteiger partial charge is 0.497 e. The van der Waals surface area contributed by atoms with Crippen LogP contribution in [0.1, 0.15) is 23.2 Å². The van der Waals surface area contributed by atoms with Crippen LogP contribution in [0.15, 0.2) is 42.5 Å². The van der Waals surface area contributed by atoms with Crippen molar-refractivity contribution in [2.45, 2.75) is 18.9 Å². The Balaban J connectivity index is 1.68. The van der Waals surface area contributed by atoms with Crippen LogP contribution in [-0.4, -0.2) is 51.1 Å². The third kappa shape index (κ3) is 4.51. The molecule has 3 rings (SSSR count). The standard InChI is InChI=1S/C20H23FN2O4S/c1-27-17-8-5-14(6-9-17)15-7-10-18(19(21)12-15)20(24)22-13-16-4-3-11-23(16)28(2,25)26/h5-10,12,16H,3-4,11,13H2,1-2H3,(H,22,24)/t16-/m1/s1. The van der Waals surface area contributed by atoms with Crippen molar-refractivity contribution < 1.29 is 22.3 Å². The number of methoxy groups -OCH3 is 1. The Hall–Kier alpha value is -2.45. The van der Waals surface area contributed by atoms with E-state index in [0.717, 1.165) is 18.2 Å². The minimum atomic E-state index is -3.31. The van der Waals surface area contributed by atoms with Crippen LogP contribution in [0.25, 0.3) is 11.1 Å². The SMILES string of the molecule is COc1ccc(-c2ccc(C(=O)NC[C@H]3CCCN3S(C)(=O)=O)c(F)c2)cc1. The first kappa shape index (κ1) is 20.3. The third-order valence-corrected chi connectivity index (χ3v) is 6.22. The van der Waals surface area contributed by atoms with E-state index in [1.54, 1.807) is 25.3 Å². The minimum Gasteiger partial charge on any atom is -0.497 e. The second-order valence-electron chi connectivity index (χ2n) is 6.80. The first-order chi connectivity index (χ1) is 13.3. The maximum atomic E-state index is 14.5. The Morgan fingerprint density at radius 3 is 2.50 bits per heavy atom. The average molecular weight is 406 g/mol. The summed E-state index contributed by atoms with van der Waals surface area (Å²) in [6.45, 7) is 0.607. The molecule has 0 aromatic heterocycles. The van der Waals surface area contributed by atoms with E-state index in [9.17, 15) is 17.6 Å². The van der Waals surface area contributed by atoms with Crippen LogP contribution in [-0.2, 0) is 10.0 Å². The zero-order chi connectivity index (χ0) is 20.3. The van der Waals surface area contributed by atoms with Gasteiger partial charge in [0.15, 0.2) is 0 Å². The minimum absolute atomic E-state index is 0.0684. The van der Waals surface area contributed by atoms with Gasteiger partial charge in [-0.05, 0) is 48.2 Å². The summed E-state index contributed by atoms with van der Waals surface area (Å²) in [5, 5.41) is 2.66. The van der Waals surface area contributed by atoms with Gasteiger partial charge in [-0.2, -0.15) is 4.31 Å². The second-order valence-corrected chi connectivity index (χ2v) is 8.74. The van der Waals surface area contributed by atoms with Gasteiger partial charge in [0, 0.05) is 19.1 Å². The van der Waals surface area contributed by atoms with Crippen LogP contribution in [0.3, 0.4) is 0 Å². The summed E-state index contributed by atoms with van der Waals surface area (Å²) in [6.07, 6.45) is 2.58. The summed E-state index contributed by atoms with van der Waals surface area (Å²) in [7, 11) is -1.74. The molecule has 1 aliphatic heterocycles. The molecule has 1 amide bonds. The van der Waals surface area contributed by atoms with Crippen LogP contribution < -0.4 is 10.1 Å². The number of benzene rings is 2. The van der Waals surface area contributed by atoms with E-state index >= 15 is 0 Å². The van der Waals surface area contributed by atoms with Crippen molar-refractivity contribution in [3.05, 3.63) is 53.8 Å². The molecule has 0 aliphatic carbocycles. The summed E-state index contributed by atoms with van der Waals surface area (Å²) in [6, 6.07) is 11.3. The van der Waals surface area contributed by atoms with E-state index in [1.807, 2.05) is 12.1 Å². The smallest absolute Gasteiger partial charge is 0.254 e. The number of nitrogens with one attached hydrogen (secondary N) is 1. The van der Waals surface area contributed by atoms with E-state index in [-0.39, 0.29) is 18.2 Å². The molecule has 1 aliphatic rings. The first-order valence-corrected chi connectivity index (χ1v) is 10.8. The second kappa shape index (κ2) is 8.28. The summed E-state index contributed by atoms with van der Waals surface area (Å²) in [4.78, 5) is 12.4. The molecule has 1 atom stereocenters. The monoisotopic (exact) mass is 406 g/mol. The normalized spacial score (nSPS) is 17.5. The molecule has 28 heavy (non-hydrogen) atoms. The average Bonchev–Trinajstić information content (AvgIpc) is 3.15. The number of carbonyl (C=O) groups is 1. The number of rotatable bonds is 6. The highest BCUT2D eigenvalue weighted by Crippen LogP contribution is 2.24. The zero-order valence-corrected chi connectivity index (χ0v) is 16.6. The van der Waals surface area contributed by atoms with E-state index in [2.05, 4.69) is 5.32 Å². The molecule has 0 spiro atoms. The summed E-state index contributed by atoms with van der Waals surface area (Å²) in [5.74, 6) is -0.480. The Kier molecular flexibility index (Phi) is 6.00. The number of amides is 1. The van der Waals surface area contributed by atoms with Gasteiger partial charge in [-0.25, -0.2) is 12.8 Å². The van der Waals surface area contributed by atoms with Crippen LogP contribution in [0.5, 0.6) is 5.75 Å². The maximum Gasteiger partial charge on any atom is 0.254 e. The molecule has 150 valence electrons. The van der Waals surface area contributed by atoms with Gasteiger partial charge in [0.2, 0.25) is 10.0 Å². The molecule has 8 heteroatoms. The fourth-order valence-corrected chi connectivity index (χ4v) is 4.60. The van der Waals surface area contributed by atoms with Crippen molar-refractivity contribution in [2.75, 3.05) is 26.5 Å². The molecule has 1 saturated heterocycles. The highest BCUT2D eigenvalue weighted by Gasteiger charge is 2.31. The summed E-state index contributed by atoms with van der Waals surface area (Å²) in [5.41, 5.74) is 1.39. The van der Waals surface area contributed by atoms with E-state index in [0.29, 0.717) is 24.3 Å². The molecule has 2 aromatic carbocycles. The lowest BCUT2D eigenvalue weighted by Crippen LogP contribution is -2.42. The molecule has 2 aromatic rings. The van der Waals surface area contributed by atoms with Gasteiger partial charge in [-0.15, -0.1) is 0 Å². The lowest BCUT2D eigenvalue weighted by atomic mass is 10.0. The van der Waals surface area contributed by atoms with Gasteiger partial charge in [0.05, 0.1) is 18.9 Å². The number of sulfonamides is 1. The first-order valence-electron chi connectivity index (χ1n) is 8.98. The number of carbonyl (C=O) groups excluding carboxylic acids is 1. The highest BCUT2D eigenvalue weighted by molar-refractivity contribution is 7.88. The number of nitrogens with zero attached hydrogens (tertiary/aromatic N) is 1. The molecule has 1 N–H and O–H groups in total. The van der Waals surface area contributed by atoms with Crippen molar-refractivity contribution >= 4 is 15.9 Å².